The number of hydroxylamine groups is 2. The summed E-state index contributed by atoms with van der Waals surface area (Å²) >= 11 is 2.48. The van der Waals surface area contributed by atoms with E-state index in [0.29, 0.717) is 19.5 Å². The summed E-state index contributed by atoms with van der Waals surface area (Å²) in [5.41, 5.74) is -5.94. The number of carbonyl (C=O) groups is 2. The van der Waals surface area contributed by atoms with Gasteiger partial charge in [0.2, 0.25) is 5.12 Å². The fourth-order valence-corrected chi connectivity index (χ4v) is 10.1. The number of aliphatic hydroxyl groups is 1. The van der Waals surface area contributed by atoms with E-state index in [9.17, 15) is 20.0 Å². The molecule has 10 heteroatoms. The molecule has 202 valence electrons. The van der Waals surface area contributed by atoms with Crippen molar-refractivity contribution in [3.05, 3.63) is 46.2 Å². The van der Waals surface area contributed by atoms with Crippen molar-refractivity contribution < 1.29 is 28.3 Å². The second-order valence-corrected chi connectivity index (χ2v) is 13.7. The number of nitriles is 1. The minimum atomic E-state index is -2.21. The highest BCUT2D eigenvalue weighted by Crippen LogP contribution is 2.73. The molecule has 0 radical (unpaired) electrons. The van der Waals surface area contributed by atoms with Crippen LogP contribution in [0, 0.1) is 39.9 Å². The van der Waals surface area contributed by atoms with Crippen LogP contribution in [0.3, 0.4) is 0 Å². The lowest BCUT2D eigenvalue weighted by molar-refractivity contribution is -0.266. The molecule has 2 heterocycles. The Bertz CT molecular complexity index is 1280. The second-order valence-electron chi connectivity index (χ2n) is 11.8. The van der Waals surface area contributed by atoms with Gasteiger partial charge in [-0.15, -0.1) is 11.3 Å². The number of nitrogens with zero attached hydrogens (tertiary/aromatic N) is 2. The molecule has 6 nitrogen and oxygen atoms in total. The minimum absolute atomic E-state index is 0.0427. The van der Waals surface area contributed by atoms with Crippen LogP contribution in [-0.4, -0.2) is 56.9 Å². The topological polar surface area (TPSA) is 90.6 Å². The van der Waals surface area contributed by atoms with Crippen molar-refractivity contribution in [2.75, 3.05) is 12.3 Å². The smallest absolute Gasteiger partial charge is 0.224 e. The van der Waals surface area contributed by atoms with Crippen molar-refractivity contribution in [1.82, 2.24) is 5.06 Å². The highest BCUT2D eigenvalue weighted by molar-refractivity contribution is 8.14. The van der Waals surface area contributed by atoms with E-state index in [4.69, 9.17) is 4.84 Å². The maximum Gasteiger partial charge on any atom is 0.224 e. The van der Waals surface area contributed by atoms with E-state index in [-0.39, 0.29) is 41.0 Å². The predicted molar refractivity (Wildman–Crippen MR) is 139 cm³/mol. The van der Waals surface area contributed by atoms with Gasteiger partial charge in [-0.2, -0.15) is 10.3 Å². The normalized spacial score (nSPS) is 45.5. The molecule has 0 bridgehead atoms. The Kier molecular flexibility index (Phi) is 6.10. The molecule has 4 fully saturated rings. The van der Waals surface area contributed by atoms with Crippen molar-refractivity contribution in [2.45, 2.75) is 63.2 Å². The number of halogens is 2. The molecule has 1 N–H and O–H groups in total. The predicted octanol–water partition coefficient (Wildman–Crippen LogP) is 4.56. The summed E-state index contributed by atoms with van der Waals surface area (Å²) in [5, 5.41) is 24.3. The van der Waals surface area contributed by atoms with Crippen molar-refractivity contribution in [3.63, 3.8) is 0 Å². The van der Waals surface area contributed by atoms with Crippen molar-refractivity contribution in [1.29, 1.82) is 5.26 Å². The van der Waals surface area contributed by atoms with E-state index >= 15 is 8.78 Å². The molecule has 1 aromatic heterocycles. The van der Waals surface area contributed by atoms with Gasteiger partial charge in [0.25, 0.3) is 0 Å². The van der Waals surface area contributed by atoms with Crippen LogP contribution in [0.2, 0.25) is 0 Å². The number of ketones is 1. The summed E-state index contributed by atoms with van der Waals surface area (Å²) in [6, 6.07) is 5.95. The fraction of sp³-hybridized carbons (Fsp3) is 0.607. The van der Waals surface area contributed by atoms with Crippen LogP contribution in [0.1, 0.15) is 38.0 Å². The Morgan fingerprint density at radius 1 is 1.37 bits per heavy atom. The van der Waals surface area contributed by atoms with Crippen LogP contribution in [-0.2, 0) is 21.0 Å². The van der Waals surface area contributed by atoms with Crippen LogP contribution in [0.15, 0.2) is 41.3 Å². The Morgan fingerprint density at radius 3 is 2.87 bits per heavy atom. The first-order valence-electron chi connectivity index (χ1n) is 13.0. The van der Waals surface area contributed by atoms with Crippen LogP contribution in [0.25, 0.3) is 0 Å². The first-order valence-corrected chi connectivity index (χ1v) is 14.8. The lowest BCUT2D eigenvalue weighted by Crippen LogP contribution is -2.70. The highest BCUT2D eigenvalue weighted by Gasteiger charge is 2.79. The lowest BCUT2D eigenvalue weighted by atomic mass is 9.44. The summed E-state index contributed by atoms with van der Waals surface area (Å²) in [4.78, 5) is 33.6. The Balaban J connectivity index is 1.42. The summed E-state index contributed by atoms with van der Waals surface area (Å²) in [6.45, 7) is 4.39. The van der Waals surface area contributed by atoms with Crippen molar-refractivity contribution in [2.24, 2.45) is 28.6 Å². The Labute approximate surface area is 228 Å². The lowest BCUT2D eigenvalue weighted by Gasteiger charge is -2.63. The number of hydrogen-bond acceptors (Lipinski definition) is 8. The summed E-state index contributed by atoms with van der Waals surface area (Å²) in [6.07, 6.45) is 1.06. The minimum Gasteiger partial charge on any atom is -0.390 e. The molecule has 9 atom stereocenters. The third kappa shape index (κ3) is 3.26. The van der Waals surface area contributed by atoms with Gasteiger partial charge in [-0.1, -0.05) is 30.8 Å². The van der Waals surface area contributed by atoms with E-state index in [2.05, 4.69) is 0 Å². The summed E-state index contributed by atoms with van der Waals surface area (Å²) < 4.78 is 33.2. The molecule has 0 aromatic carbocycles. The van der Waals surface area contributed by atoms with Gasteiger partial charge in [0.1, 0.15) is 6.17 Å². The van der Waals surface area contributed by atoms with Crippen LogP contribution in [0.5, 0.6) is 0 Å². The summed E-state index contributed by atoms with van der Waals surface area (Å²) in [5.74, 6) is -2.03. The first-order chi connectivity index (χ1) is 18.0. The summed E-state index contributed by atoms with van der Waals surface area (Å²) in [7, 11) is 0. The van der Waals surface area contributed by atoms with Crippen molar-refractivity contribution in [3.8, 4) is 6.07 Å². The maximum absolute atomic E-state index is 17.5. The van der Waals surface area contributed by atoms with Gasteiger partial charge in [-0.25, -0.2) is 8.78 Å². The van der Waals surface area contributed by atoms with E-state index in [1.807, 2.05) is 30.5 Å². The molecular weight excluding hydrogens is 530 g/mol. The SMILES string of the molecule is C[C@]12C=CC(=O)C=C1[C@@H](F)C[C@H]1[C@@H]3C[C@H]4CN(Cc5cccs5)O[C@@]4(C(=O)SCC#N)[C@@]3(C)C[C@H](O)[C@@]12F. The third-order valence-electron chi connectivity index (χ3n) is 10.2. The fourth-order valence-electron chi connectivity index (χ4n) is 8.54. The van der Waals surface area contributed by atoms with E-state index < -0.39 is 46.2 Å². The number of hydrogen-bond donors (Lipinski definition) is 1. The monoisotopic (exact) mass is 560 g/mol. The molecule has 1 saturated heterocycles. The van der Waals surface area contributed by atoms with Crippen LogP contribution in [0.4, 0.5) is 8.78 Å². The number of thioether (sulfide) groups is 1. The van der Waals surface area contributed by atoms with E-state index in [1.165, 1.54) is 18.2 Å². The molecular formula is C28H30F2N2O4S2. The molecule has 0 unspecified atom stereocenters. The Hall–Kier alpha value is -1.90. The highest BCUT2D eigenvalue weighted by atomic mass is 32.2. The zero-order valence-corrected chi connectivity index (χ0v) is 22.9. The molecule has 38 heavy (non-hydrogen) atoms. The Morgan fingerprint density at radius 2 is 2.16 bits per heavy atom. The van der Waals surface area contributed by atoms with Gasteiger partial charge in [0.15, 0.2) is 17.1 Å². The van der Waals surface area contributed by atoms with Crippen LogP contribution < -0.4 is 0 Å². The number of aliphatic hydroxyl groups excluding tert-OH is 1. The zero-order chi connectivity index (χ0) is 27.1. The van der Waals surface area contributed by atoms with Crippen LogP contribution >= 0.6 is 23.1 Å². The molecule has 0 amide bonds. The standard InChI is InChI=1S/C28H30F2N2O4S2/c1-25-6-5-17(33)11-21(25)22(29)12-20-19-10-16-14-32(15-18-4-3-8-37-18)36-28(16,24(35)38-9-7-31)26(19,2)13-23(34)27(20,25)30/h3-6,8,11,16,19-20,22-23,34H,9-10,12-15H2,1-2H3/t16-,19-,20-,22-,23-,25-,26-,27-,28-/m0/s1. The molecule has 0 spiro atoms. The van der Waals surface area contributed by atoms with E-state index in [1.54, 1.807) is 23.3 Å². The van der Waals surface area contributed by atoms with Gasteiger partial charge in [0.05, 0.1) is 24.5 Å². The quantitative estimate of drug-likeness (QED) is 0.577. The van der Waals surface area contributed by atoms with Gasteiger partial charge < -0.3 is 5.11 Å². The van der Waals surface area contributed by atoms with Gasteiger partial charge >= 0.3 is 0 Å². The number of alkyl halides is 2. The zero-order valence-electron chi connectivity index (χ0n) is 21.2. The average Bonchev–Trinajstić information content (AvgIpc) is 3.57. The third-order valence-corrected chi connectivity index (χ3v) is 11.9. The number of carbonyl (C=O) groups excluding carboxylic acids is 2. The van der Waals surface area contributed by atoms with Gasteiger partial charge in [-0.05, 0) is 61.3 Å². The largest absolute Gasteiger partial charge is 0.390 e. The first kappa shape index (κ1) is 26.3. The molecule has 6 rings (SSSR count). The molecule has 1 aliphatic heterocycles. The molecule has 3 saturated carbocycles. The number of allylic oxidation sites excluding steroid dienone is 4. The number of rotatable bonds is 4. The second kappa shape index (κ2) is 8.80. The average molecular weight is 561 g/mol. The molecule has 4 aliphatic carbocycles. The van der Waals surface area contributed by atoms with Gasteiger partial charge in [0, 0.05) is 34.1 Å². The maximum atomic E-state index is 17.5. The van der Waals surface area contributed by atoms with Crippen molar-refractivity contribution >= 4 is 34.0 Å². The van der Waals surface area contributed by atoms with Gasteiger partial charge in [-0.3, -0.25) is 14.4 Å². The molecule has 5 aliphatic rings. The molecule has 1 aromatic rings. The number of fused-ring (bicyclic) bond motifs is 7. The van der Waals surface area contributed by atoms with E-state index in [0.717, 1.165) is 16.6 Å². The number of thiophene rings is 1.